The first kappa shape index (κ1) is 15.9. The summed E-state index contributed by atoms with van der Waals surface area (Å²) in [5.41, 5.74) is -0.0920. The fourth-order valence-electron chi connectivity index (χ4n) is 1.54. The first-order chi connectivity index (χ1) is 9.31. The van der Waals surface area contributed by atoms with Gasteiger partial charge in [0, 0.05) is 24.6 Å². The molecule has 0 radical (unpaired) electrons. The van der Waals surface area contributed by atoms with Crippen LogP contribution in [0.15, 0.2) is 18.2 Å². The van der Waals surface area contributed by atoms with Gasteiger partial charge in [0.25, 0.3) is 11.6 Å². The van der Waals surface area contributed by atoms with Crippen LogP contribution >= 0.6 is 11.6 Å². The zero-order valence-electron chi connectivity index (χ0n) is 10.6. The second kappa shape index (κ2) is 6.85. The van der Waals surface area contributed by atoms with Crippen molar-refractivity contribution in [3.8, 4) is 0 Å². The number of carbonyl (C=O) groups excluding carboxylic acids is 1. The molecule has 1 aromatic rings. The molecule has 1 atom stereocenters. The van der Waals surface area contributed by atoms with Gasteiger partial charge in [-0.1, -0.05) is 18.5 Å². The van der Waals surface area contributed by atoms with E-state index in [9.17, 15) is 19.7 Å². The highest BCUT2D eigenvalue weighted by Crippen LogP contribution is 2.24. The van der Waals surface area contributed by atoms with Gasteiger partial charge in [-0.2, -0.15) is 0 Å². The molecule has 20 heavy (non-hydrogen) atoms. The third kappa shape index (κ3) is 4.51. The Hall–Kier alpha value is -2.15. The van der Waals surface area contributed by atoms with Crippen molar-refractivity contribution in [3.05, 3.63) is 38.9 Å². The molecule has 108 valence electrons. The van der Waals surface area contributed by atoms with Gasteiger partial charge in [0.1, 0.15) is 5.02 Å². The van der Waals surface area contributed by atoms with Gasteiger partial charge in [-0.3, -0.25) is 19.7 Å². The molecular formula is C12H13ClN2O5. The summed E-state index contributed by atoms with van der Waals surface area (Å²) in [6, 6.07) is 3.65. The van der Waals surface area contributed by atoms with Crippen molar-refractivity contribution in [3.63, 3.8) is 0 Å². The third-order valence-electron chi connectivity index (χ3n) is 2.54. The van der Waals surface area contributed by atoms with Crippen LogP contribution in [0.25, 0.3) is 0 Å². The van der Waals surface area contributed by atoms with E-state index in [1.165, 1.54) is 12.1 Å². The van der Waals surface area contributed by atoms with Crippen molar-refractivity contribution in [2.75, 3.05) is 6.54 Å². The van der Waals surface area contributed by atoms with Gasteiger partial charge in [-0.25, -0.2) is 0 Å². The maximum absolute atomic E-state index is 11.8. The molecule has 0 aliphatic rings. The molecule has 2 N–H and O–H groups in total. The predicted octanol–water partition coefficient (Wildman–Crippen LogP) is 2.09. The summed E-state index contributed by atoms with van der Waals surface area (Å²) in [7, 11) is 0. The fraction of sp³-hybridized carbons (Fsp3) is 0.333. The van der Waals surface area contributed by atoms with Crippen molar-refractivity contribution in [1.82, 2.24) is 5.32 Å². The Labute approximate surface area is 119 Å². The monoisotopic (exact) mass is 300 g/mol. The number of carboxylic acids is 1. The quantitative estimate of drug-likeness (QED) is 0.617. The average molecular weight is 301 g/mol. The molecule has 0 aliphatic heterocycles. The summed E-state index contributed by atoms with van der Waals surface area (Å²) in [5, 5.41) is 21.6. The van der Waals surface area contributed by atoms with Gasteiger partial charge in [0.05, 0.1) is 4.92 Å². The number of carbonyl (C=O) groups is 2. The molecule has 0 aliphatic carbocycles. The number of carboxylic acid groups (broad SMARTS) is 1. The number of hydrogen-bond donors (Lipinski definition) is 2. The Morgan fingerprint density at radius 1 is 1.50 bits per heavy atom. The van der Waals surface area contributed by atoms with E-state index in [1.807, 2.05) is 0 Å². The van der Waals surface area contributed by atoms with Gasteiger partial charge in [0.15, 0.2) is 0 Å². The minimum absolute atomic E-state index is 0.0543. The maximum atomic E-state index is 11.8. The lowest BCUT2D eigenvalue weighted by molar-refractivity contribution is -0.384. The van der Waals surface area contributed by atoms with Gasteiger partial charge >= 0.3 is 5.97 Å². The van der Waals surface area contributed by atoms with E-state index < -0.39 is 16.8 Å². The van der Waals surface area contributed by atoms with Crippen molar-refractivity contribution >= 4 is 29.2 Å². The molecule has 0 saturated carbocycles. The van der Waals surface area contributed by atoms with Crippen LogP contribution in [0.3, 0.4) is 0 Å². The van der Waals surface area contributed by atoms with Crippen LogP contribution < -0.4 is 5.32 Å². The highest BCUT2D eigenvalue weighted by Gasteiger charge is 2.16. The Kier molecular flexibility index (Phi) is 5.45. The van der Waals surface area contributed by atoms with E-state index in [2.05, 4.69) is 5.32 Å². The second-order valence-corrected chi connectivity index (χ2v) is 4.74. The Morgan fingerprint density at radius 3 is 2.65 bits per heavy atom. The largest absolute Gasteiger partial charge is 0.481 e. The number of aliphatic carboxylic acids is 1. The van der Waals surface area contributed by atoms with Crippen molar-refractivity contribution in [2.45, 2.75) is 13.3 Å². The van der Waals surface area contributed by atoms with E-state index in [4.69, 9.17) is 16.7 Å². The first-order valence-electron chi connectivity index (χ1n) is 5.75. The van der Waals surface area contributed by atoms with Crippen LogP contribution in [-0.2, 0) is 4.79 Å². The summed E-state index contributed by atoms with van der Waals surface area (Å²) in [5.74, 6) is -1.62. The zero-order chi connectivity index (χ0) is 15.3. The first-order valence-corrected chi connectivity index (χ1v) is 6.13. The number of hydrogen-bond acceptors (Lipinski definition) is 4. The molecule has 1 unspecified atom stereocenters. The summed E-state index contributed by atoms with van der Waals surface area (Å²) in [4.78, 5) is 32.2. The number of rotatable bonds is 6. The molecule has 0 saturated heterocycles. The normalized spacial score (nSPS) is 11.7. The van der Waals surface area contributed by atoms with E-state index in [0.717, 1.165) is 6.07 Å². The molecule has 1 aromatic carbocycles. The van der Waals surface area contributed by atoms with E-state index >= 15 is 0 Å². The fourth-order valence-corrected chi connectivity index (χ4v) is 1.79. The van der Waals surface area contributed by atoms with Gasteiger partial charge in [-0.05, 0) is 18.1 Å². The SMILES string of the molecule is CC(CNC(=O)c1ccc([N+](=O)[O-])c(Cl)c1)CC(=O)O. The van der Waals surface area contributed by atoms with E-state index in [-0.39, 0.29) is 35.2 Å². The Bertz CT molecular complexity index is 547. The second-order valence-electron chi connectivity index (χ2n) is 4.34. The van der Waals surface area contributed by atoms with Crippen LogP contribution in [0.4, 0.5) is 5.69 Å². The van der Waals surface area contributed by atoms with Crippen LogP contribution in [0, 0.1) is 16.0 Å². The maximum Gasteiger partial charge on any atom is 0.303 e. The van der Waals surface area contributed by atoms with Crippen LogP contribution in [0.5, 0.6) is 0 Å². The molecule has 0 fully saturated rings. The molecule has 0 heterocycles. The molecule has 0 spiro atoms. The Balaban J connectivity index is 2.67. The van der Waals surface area contributed by atoms with Crippen molar-refractivity contribution in [1.29, 1.82) is 0 Å². The molecule has 1 amide bonds. The number of nitrogens with one attached hydrogen (secondary N) is 1. The molecule has 0 aromatic heterocycles. The van der Waals surface area contributed by atoms with Crippen molar-refractivity contribution in [2.24, 2.45) is 5.92 Å². The highest BCUT2D eigenvalue weighted by molar-refractivity contribution is 6.33. The summed E-state index contributed by atoms with van der Waals surface area (Å²) < 4.78 is 0. The number of nitro benzene ring substituents is 1. The lowest BCUT2D eigenvalue weighted by atomic mass is 10.1. The van der Waals surface area contributed by atoms with Gasteiger partial charge < -0.3 is 10.4 Å². The van der Waals surface area contributed by atoms with Gasteiger partial charge in [-0.15, -0.1) is 0 Å². The molecule has 7 nitrogen and oxygen atoms in total. The number of nitro groups is 1. The van der Waals surface area contributed by atoms with Crippen LogP contribution in [-0.4, -0.2) is 28.5 Å². The summed E-state index contributed by atoms with van der Waals surface area (Å²) in [6.45, 7) is 1.89. The lowest BCUT2D eigenvalue weighted by Crippen LogP contribution is -2.29. The number of benzene rings is 1. The zero-order valence-corrected chi connectivity index (χ0v) is 11.4. The minimum atomic E-state index is -0.940. The molecular weight excluding hydrogens is 288 g/mol. The van der Waals surface area contributed by atoms with Crippen LogP contribution in [0.2, 0.25) is 5.02 Å². The molecule has 1 rings (SSSR count). The number of amides is 1. The third-order valence-corrected chi connectivity index (χ3v) is 2.84. The lowest BCUT2D eigenvalue weighted by Gasteiger charge is -2.10. The molecule has 0 bridgehead atoms. The van der Waals surface area contributed by atoms with Gasteiger partial charge in [0.2, 0.25) is 0 Å². The predicted molar refractivity (Wildman–Crippen MR) is 71.9 cm³/mol. The molecule has 8 heteroatoms. The van der Waals surface area contributed by atoms with E-state index in [1.54, 1.807) is 6.92 Å². The summed E-state index contributed by atoms with van der Waals surface area (Å²) in [6.07, 6.45) is -0.0543. The summed E-state index contributed by atoms with van der Waals surface area (Å²) >= 11 is 5.70. The Morgan fingerprint density at radius 2 is 2.15 bits per heavy atom. The standard InChI is InChI=1S/C12H13ClN2O5/c1-7(4-11(16)17)6-14-12(18)8-2-3-10(15(19)20)9(13)5-8/h2-3,5,7H,4,6H2,1H3,(H,14,18)(H,16,17). The minimum Gasteiger partial charge on any atom is -0.481 e. The van der Waals surface area contributed by atoms with Crippen LogP contribution in [0.1, 0.15) is 23.7 Å². The highest BCUT2D eigenvalue weighted by atomic mass is 35.5. The van der Waals surface area contributed by atoms with E-state index in [0.29, 0.717) is 0 Å². The average Bonchev–Trinajstić information content (AvgIpc) is 2.34. The smallest absolute Gasteiger partial charge is 0.303 e. The number of halogens is 1. The number of nitrogens with zero attached hydrogens (tertiary/aromatic N) is 1. The van der Waals surface area contributed by atoms with Crippen molar-refractivity contribution < 1.29 is 19.6 Å². The topological polar surface area (TPSA) is 110 Å².